The molecule has 0 saturated carbocycles. The number of unbranched alkanes of at least 4 members (excludes halogenated alkanes) is 31. The molecule has 6 nitrogen and oxygen atoms in total. The van der Waals surface area contributed by atoms with Gasteiger partial charge in [0.2, 0.25) is 5.91 Å². The zero-order chi connectivity index (χ0) is 43.8. The molecule has 0 aliphatic rings. The molecule has 0 fully saturated rings. The van der Waals surface area contributed by atoms with E-state index in [1.807, 2.05) is 0 Å². The summed E-state index contributed by atoms with van der Waals surface area (Å²) in [6.07, 6.45) is 60.4. The van der Waals surface area contributed by atoms with E-state index < -0.39 is 36.9 Å². The van der Waals surface area contributed by atoms with Crippen molar-refractivity contribution >= 4 is 5.91 Å². The first kappa shape index (κ1) is 58.3. The standard InChI is InChI=1S/C54H101NO5/c1-3-5-7-9-11-13-15-17-19-20-21-22-23-24-25-26-27-28-29-30-31-32-33-34-36-37-39-41-43-45-47-51(57)53(59)50(49-56)55-54(60)52(58)48-46-44-42-40-38-35-18-16-14-12-10-8-6-4-2/h12,14,16,18,33-34,39,41,50-53,56-59H,3-11,13,15,17,19-32,35-38,40,42-49H2,1-2H3,(H,55,60)/b14-12-,18-16-,34-33+,41-39+. The van der Waals surface area contributed by atoms with Crippen LogP contribution in [-0.4, -0.2) is 57.3 Å². The smallest absolute Gasteiger partial charge is 0.249 e. The highest BCUT2D eigenvalue weighted by atomic mass is 16.3. The molecule has 0 spiro atoms. The van der Waals surface area contributed by atoms with Crippen LogP contribution in [0.3, 0.4) is 0 Å². The van der Waals surface area contributed by atoms with Gasteiger partial charge in [0.25, 0.3) is 0 Å². The van der Waals surface area contributed by atoms with Crippen LogP contribution in [0.25, 0.3) is 0 Å². The van der Waals surface area contributed by atoms with E-state index in [1.54, 1.807) is 0 Å². The van der Waals surface area contributed by atoms with E-state index >= 15 is 0 Å². The summed E-state index contributed by atoms with van der Waals surface area (Å²) in [5.41, 5.74) is 0. The van der Waals surface area contributed by atoms with Crippen molar-refractivity contribution in [3.8, 4) is 0 Å². The molecular weight excluding hydrogens is 743 g/mol. The van der Waals surface area contributed by atoms with Crippen LogP contribution in [0.4, 0.5) is 0 Å². The van der Waals surface area contributed by atoms with Crippen LogP contribution in [-0.2, 0) is 4.79 Å². The monoisotopic (exact) mass is 844 g/mol. The van der Waals surface area contributed by atoms with Gasteiger partial charge in [-0.1, -0.05) is 229 Å². The molecule has 0 heterocycles. The molecule has 0 saturated heterocycles. The number of aliphatic hydroxyl groups excluding tert-OH is 4. The highest BCUT2D eigenvalue weighted by Crippen LogP contribution is 2.16. The van der Waals surface area contributed by atoms with Crippen LogP contribution in [0.15, 0.2) is 48.6 Å². The second-order valence-corrected chi connectivity index (χ2v) is 17.9. The first-order valence-corrected chi connectivity index (χ1v) is 26.0. The lowest BCUT2D eigenvalue weighted by atomic mass is 10.00. The van der Waals surface area contributed by atoms with Gasteiger partial charge in [-0.25, -0.2) is 0 Å². The van der Waals surface area contributed by atoms with Crippen LogP contribution in [0.5, 0.6) is 0 Å². The lowest BCUT2D eigenvalue weighted by molar-refractivity contribution is -0.132. The first-order valence-electron chi connectivity index (χ1n) is 26.0. The summed E-state index contributed by atoms with van der Waals surface area (Å²) in [6, 6.07) is -1.02. The Hall–Kier alpha value is -1.73. The molecule has 1 amide bonds. The Balaban J connectivity index is 3.69. The minimum atomic E-state index is -1.30. The molecule has 0 aliphatic carbocycles. The predicted molar refractivity (Wildman–Crippen MR) is 260 cm³/mol. The fraction of sp³-hybridized carbons (Fsp3) is 0.833. The van der Waals surface area contributed by atoms with Crippen molar-refractivity contribution in [2.24, 2.45) is 0 Å². The lowest BCUT2D eigenvalue weighted by Gasteiger charge is -2.27. The number of carbonyl (C=O) groups is 1. The summed E-state index contributed by atoms with van der Waals surface area (Å²) in [6.45, 7) is 4.01. The van der Waals surface area contributed by atoms with Crippen molar-refractivity contribution in [3.63, 3.8) is 0 Å². The number of aliphatic hydroxyl groups is 4. The Labute approximate surface area is 372 Å². The normalized spacial score (nSPS) is 14.3. The topological polar surface area (TPSA) is 110 Å². The maximum atomic E-state index is 12.5. The molecule has 0 aromatic heterocycles. The third-order valence-corrected chi connectivity index (χ3v) is 12.0. The zero-order valence-electron chi connectivity index (χ0n) is 39.7. The van der Waals surface area contributed by atoms with Gasteiger partial charge in [-0.15, -0.1) is 0 Å². The fourth-order valence-electron chi connectivity index (χ4n) is 7.88. The van der Waals surface area contributed by atoms with E-state index in [0.717, 1.165) is 64.2 Å². The Morgan fingerprint density at radius 1 is 0.417 bits per heavy atom. The van der Waals surface area contributed by atoms with Gasteiger partial charge in [0.15, 0.2) is 0 Å². The molecule has 4 atom stereocenters. The van der Waals surface area contributed by atoms with Crippen molar-refractivity contribution in [2.45, 2.75) is 282 Å². The van der Waals surface area contributed by atoms with Gasteiger partial charge in [0, 0.05) is 0 Å². The number of allylic oxidation sites excluding steroid dienone is 8. The maximum absolute atomic E-state index is 12.5. The highest BCUT2D eigenvalue weighted by molar-refractivity contribution is 5.80. The lowest BCUT2D eigenvalue weighted by Crippen LogP contribution is -2.53. The Bertz CT molecular complexity index is 993. The molecule has 0 aromatic carbocycles. The Kier molecular flexibility index (Phi) is 46.9. The highest BCUT2D eigenvalue weighted by Gasteiger charge is 2.28. The van der Waals surface area contributed by atoms with Crippen molar-refractivity contribution in [2.75, 3.05) is 6.61 Å². The Morgan fingerprint density at radius 3 is 1.18 bits per heavy atom. The molecule has 0 aliphatic heterocycles. The first-order chi connectivity index (χ1) is 29.5. The number of rotatable bonds is 47. The molecule has 5 N–H and O–H groups in total. The van der Waals surface area contributed by atoms with Crippen molar-refractivity contribution in [1.82, 2.24) is 5.32 Å². The third kappa shape index (κ3) is 41.6. The molecule has 0 bridgehead atoms. The van der Waals surface area contributed by atoms with Gasteiger partial charge in [0.1, 0.15) is 12.2 Å². The van der Waals surface area contributed by atoms with Gasteiger partial charge in [-0.2, -0.15) is 0 Å². The van der Waals surface area contributed by atoms with E-state index in [2.05, 4.69) is 67.8 Å². The largest absolute Gasteiger partial charge is 0.394 e. The molecule has 60 heavy (non-hydrogen) atoms. The number of nitrogens with one attached hydrogen (secondary N) is 1. The average Bonchev–Trinajstić information content (AvgIpc) is 3.25. The van der Waals surface area contributed by atoms with E-state index in [0.29, 0.717) is 19.3 Å². The van der Waals surface area contributed by atoms with E-state index in [9.17, 15) is 25.2 Å². The summed E-state index contributed by atoms with van der Waals surface area (Å²) < 4.78 is 0. The van der Waals surface area contributed by atoms with Crippen LogP contribution in [0, 0.1) is 0 Å². The molecule has 0 aromatic rings. The summed E-state index contributed by atoms with van der Waals surface area (Å²) in [5, 5.41) is 43.7. The van der Waals surface area contributed by atoms with Crippen molar-refractivity contribution in [3.05, 3.63) is 48.6 Å². The molecular formula is C54H101NO5. The molecule has 352 valence electrons. The predicted octanol–water partition coefficient (Wildman–Crippen LogP) is 14.6. The van der Waals surface area contributed by atoms with Crippen LogP contribution in [0.1, 0.15) is 258 Å². The van der Waals surface area contributed by atoms with E-state index in [-0.39, 0.29) is 0 Å². The van der Waals surface area contributed by atoms with Gasteiger partial charge in [0.05, 0.1) is 18.8 Å². The minimum Gasteiger partial charge on any atom is -0.394 e. The van der Waals surface area contributed by atoms with Crippen molar-refractivity contribution in [1.29, 1.82) is 0 Å². The molecule has 6 heteroatoms. The summed E-state index contributed by atoms with van der Waals surface area (Å²) >= 11 is 0. The fourth-order valence-corrected chi connectivity index (χ4v) is 7.88. The van der Waals surface area contributed by atoms with E-state index in [4.69, 9.17) is 0 Å². The van der Waals surface area contributed by atoms with Crippen molar-refractivity contribution < 1.29 is 25.2 Å². The van der Waals surface area contributed by atoms with Gasteiger partial charge in [-0.05, 0) is 77.0 Å². The quantitative estimate of drug-likeness (QED) is 0.0238. The van der Waals surface area contributed by atoms with Gasteiger partial charge < -0.3 is 25.7 Å². The molecule has 4 unspecified atom stereocenters. The minimum absolute atomic E-state index is 0.340. The number of hydrogen-bond donors (Lipinski definition) is 5. The second-order valence-electron chi connectivity index (χ2n) is 17.9. The van der Waals surface area contributed by atoms with Crippen LogP contribution >= 0.6 is 0 Å². The SMILES string of the molecule is CCCCC/C=C\C=C/CCCCCCCC(O)C(=O)NC(CO)C(O)C(O)CCC/C=C/CC/C=C/CCCCCCCCCCCCCCCCCCCCCCC. The summed E-state index contributed by atoms with van der Waals surface area (Å²) in [4.78, 5) is 12.5. The second kappa shape index (κ2) is 48.3. The molecule has 0 radical (unpaired) electrons. The number of hydrogen-bond acceptors (Lipinski definition) is 5. The number of amides is 1. The van der Waals surface area contributed by atoms with Crippen LogP contribution < -0.4 is 5.32 Å². The molecule has 0 rings (SSSR count). The summed E-state index contributed by atoms with van der Waals surface area (Å²) in [7, 11) is 0. The third-order valence-electron chi connectivity index (χ3n) is 12.0. The van der Waals surface area contributed by atoms with E-state index in [1.165, 1.54) is 161 Å². The number of carbonyl (C=O) groups excluding carboxylic acids is 1. The van der Waals surface area contributed by atoms with Gasteiger partial charge in [-0.3, -0.25) is 4.79 Å². The summed E-state index contributed by atoms with van der Waals surface area (Å²) in [5.74, 6) is -0.610. The average molecular weight is 844 g/mol. The zero-order valence-corrected chi connectivity index (χ0v) is 39.7. The van der Waals surface area contributed by atoms with Crippen LogP contribution in [0.2, 0.25) is 0 Å². The maximum Gasteiger partial charge on any atom is 0.249 e. The van der Waals surface area contributed by atoms with Gasteiger partial charge >= 0.3 is 0 Å². The Morgan fingerprint density at radius 2 is 0.750 bits per heavy atom.